The van der Waals surface area contributed by atoms with Crippen LogP contribution in [0.1, 0.15) is 17.2 Å². The summed E-state index contributed by atoms with van der Waals surface area (Å²) in [5.74, 6) is 0.625. The van der Waals surface area contributed by atoms with E-state index >= 15 is 0 Å². The highest BCUT2D eigenvalue weighted by Gasteiger charge is 2.11. The van der Waals surface area contributed by atoms with E-state index < -0.39 is 0 Å². The van der Waals surface area contributed by atoms with Gasteiger partial charge in [-0.15, -0.1) is 0 Å². The van der Waals surface area contributed by atoms with Crippen molar-refractivity contribution in [1.29, 1.82) is 0 Å². The standard InChI is InChI=1S/C16H18FNO2/c1-19-13-5-3-4-11(8-13)9-15(18)12-6-7-14(17)16(10-12)20-2/h3-8,10,15H,9,18H2,1-2H3. The number of halogens is 1. The molecule has 1 atom stereocenters. The summed E-state index contributed by atoms with van der Waals surface area (Å²) in [6, 6.07) is 12.2. The Bertz CT molecular complexity index is 586. The Balaban J connectivity index is 2.16. The number of nitrogens with two attached hydrogens (primary N) is 1. The lowest BCUT2D eigenvalue weighted by Gasteiger charge is -2.14. The van der Waals surface area contributed by atoms with Gasteiger partial charge < -0.3 is 15.2 Å². The minimum atomic E-state index is -0.384. The number of hydrogen-bond donors (Lipinski definition) is 1. The molecule has 0 fully saturated rings. The van der Waals surface area contributed by atoms with Crippen molar-refractivity contribution < 1.29 is 13.9 Å². The van der Waals surface area contributed by atoms with Crippen LogP contribution in [-0.4, -0.2) is 14.2 Å². The lowest BCUT2D eigenvalue weighted by molar-refractivity contribution is 0.385. The molecule has 0 aliphatic carbocycles. The van der Waals surface area contributed by atoms with Crippen molar-refractivity contribution in [3.8, 4) is 11.5 Å². The van der Waals surface area contributed by atoms with Crippen LogP contribution in [-0.2, 0) is 6.42 Å². The van der Waals surface area contributed by atoms with Crippen molar-refractivity contribution in [3.63, 3.8) is 0 Å². The molecular formula is C16H18FNO2. The van der Waals surface area contributed by atoms with Crippen molar-refractivity contribution in [3.05, 3.63) is 59.4 Å². The first kappa shape index (κ1) is 14.3. The van der Waals surface area contributed by atoms with Crippen LogP contribution in [0.2, 0.25) is 0 Å². The normalized spacial score (nSPS) is 12.0. The summed E-state index contributed by atoms with van der Waals surface area (Å²) in [5, 5.41) is 0. The molecule has 0 amide bonds. The monoisotopic (exact) mass is 275 g/mol. The number of ether oxygens (including phenoxy) is 2. The van der Waals surface area contributed by atoms with Gasteiger partial charge in [0.25, 0.3) is 0 Å². The molecule has 0 saturated carbocycles. The summed E-state index contributed by atoms with van der Waals surface area (Å²) in [6.45, 7) is 0. The second-order valence-corrected chi connectivity index (χ2v) is 4.56. The van der Waals surface area contributed by atoms with Crippen LogP contribution in [0.25, 0.3) is 0 Å². The van der Waals surface area contributed by atoms with E-state index in [0.717, 1.165) is 16.9 Å². The topological polar surface area (TPSA) is 44.5 Å². The Kier molecular flexibility index (Phi) is 4.58. The van der Waals surface area contributed by atoms with E-state index in [1.54, 1.807) is 19.2 Å². The van der Waals surface area contributed by atoms with E-state index in [0.29, 0.717) is 6.42 Å². The van der Waals surface area contributed by atoms with Gasteiger partial charge in [0, 0.05) is 6.04 Å². The molecule has 2 N–H and O–H groups in total. The quantitative estimate of drug-likeness (QED) is 0.912. The number of hydrogen-bond acceptors (Lipinski definition) is 3. The van der Waals surface area contributed by atoms with Gasteiger partial charge in [-0.3, -0.25) is 0 Å². The van der Waals surface area contributed by atoms with Gasteiger partial charge in [-0.05, 0) is 41.8 Å². The predicted molar refractivity (Wildman–Crippen MR) is 76.6 cm³/mol. The summed E-state index contributed by atoms with van der Waals surface area (Å²) in [7, 11) is 3.07. The lowest BCUT2D eigenvalue weighted by Crippen LogP contribution is -2.13. The SMILES string of the molecule is COc1cccc(CC(N)c2ccc(F)c(OC)c2)c1. The highest BCUT2D eigenvalue weighted by atomic mass is 19.1. The fourth-order valence-corrected chi connectivity index (χ4v) is 2.08. The summed E-state index contributed by atoms with van der Waals surface area (Å²) >= 11 is 0. The third kappa shape index (κ3) is 3.27. The maximum Gasteiger partial charge on any atom is 0.165 e. The van der Waals surface area contributed by atoms with Gasteiger partial charge in [0.1, 0.15) is 5.75 Å². The molecule has 3 nitrogen and oxygen atoms in total. The van der Waals surface area contributed by atoms with Crippen LogP contribution in [0.15, 0.2) is 42.5 Å². The Labute approximate surface area is 118 Å². The molecule has 0 aliphatic heterocycles. The van der Waals surface area contributed by atoms with Gasteiger partial charge in [0.05, 0.1) is 14.2 Å². The fourth-order valence-electron chi connectivity index (χ4n) is 2.08. The third-order valence-electron chi connectivity index (χ3n) is 3.19. The van der Waals surface area contributed by atoms with E-state index in [1.807, 2.05) is 24.3 Å². The molecule has 4 heteroatoms. The zero-order chi connectivity index (χ0) is 14.5. The lowest BCUT2D eigenvalue weighted by atomic mass is 9.99. The molecule has 0 aliphatic rings. The number of benzene rings is 2. The predicted octanol–water partition coefficient (Wildman–Crippen LogP) is 3.09. The summed E-state index contributed by atoms with van der Waals surface area (Å²) < 4.78 is 23.5. The van der Waals surface area contributed by atoms with Crippen molar-refractivity contribution >= 4 is 0 Å². The third-order valence-corrected chi connectivity index (χ3v) is 3.19. The van der Waals surface area contributed by atoms with Crippen LogP contribution < -0.4 is 15.2 Å². The first-order valence-electron chi connectivity index (χ1n) is 6.36. The Morgan fingerprint density at radius 1 is 1.10 bits per heavy atom. The molecule has 106 valence electrons. The second-order valence-electron chi connectivity index (χ2n) is 4.56. The zero-order valence-electron chi connectivity index (χ0n) is 11.6. The average Bonchev–Trinajstić information content (AvgIpc) is 2.47. The smallest absolute Gasteiger partial charge is 0.165 e. The van der Waals surface area contributed by atoms with E-state index in [4.69, 9.17) is 15.2 Å². The van der Waals surface area contributed by atoms with E-state index in [9.17, 15) is 4.39 Å². The van der Waals surface area contributed by atoms with Crippen LogP contribution in [0.5, 0.6) is 11.5 Å². The van der Waals surface area contributed by atoms with Gasteiger partial charge in [-0.2, -0.15) is 0 Å². The molecule has 0 saturated heterocycles. The maximum absolute atomic E-state index is 13.4. The molecule has 0 radical (unpaired) electrons. The molecule has 0 spiro atoms. The first-order chi connectivity index (χ1) is 9.63. The molecule has 0 bridgehead atoms. The van der Waals surface area contributed by atoms with Crippen LogP contribution in [0.4, 0.5) is 4.39 Å². The molecule has 1 unspecified atom stereocenters. The number of methoxy groups -OCH3 is 2. The summed E-state index contributed by atoms with van der Waals surface area (Å²) in [5.41, 5.74) is 8.08. The second kappa shape index (κ2) is 6.39. The van der Waals surface area contributed by atoms with Crippen molar-refractivity contribution in [2.24, 2.45) is 5.73 Å². The van der Waals surface area contributed by atoms with Crippen LogP contribution >= 0.6 is 0 Å². The minimum Gasteiger partial charge on any atom is -0.497 e. The van der Waals surface area contributed by atoms with Gasteiger partial charge in [0.2, 0.25) is 0 Å². The molecule has 0 heterocycles. The van der Waals surface area contributed by atoms with Crippen molar-refractivity contribution in [2.75, 3.05) is 14.2 Å². The highest BCUT2D eigenvalue weighted by Crippen LogP contribution is 2.24. The average molecular weight is 275 g/mol. The fraction of sp³-hybridized carbons (Fsp3) is 0.250. The van der Waals surface area contributed by atoms with Crippen molar-refractivity contribution in [1.82, 2.24) is 0 Å². The Morgan fingerprint density at radius 2 is 1.90 bits per heavy atom. The maximum atomic E-state index is 13.4. The van der Waals surface area contributed by atoms with Gasteiger partial charge in [-0.1, -0.05) is 18.2 Å². The Hall–Kier alpha value is -2.07. The molecule has 0 aromatic heterocycles. The molecule has 2 rings (SSSR count). The largest absolute Gasteiger partial charge is 0.497 e. The van der Waals surface area contributed by atoms with Gasteiger partial charge in [-0.25, -0.2) is 4.39 Å². The van der Waals surface area contributed by atoms with Gasteiger partial charge in [0.15, 0.2) is 11.6 Å². The summed E-state index contributed by atoms with van der Waals surface area (Å²) in [6.07, 6.45) is 0.645. The number of rotatable bonds is 5. The van der Waals surface area contributed by atoms with Gasteiger partial charge >= 0.3 is 0 Å². The van der Waals surface area contributed by atoms with E-state index in [2.05, 4.69) is 0 Å². The van der Waals surface area contributed by atoms with Crippen molar-refractivity contribution in [2.45, 2.75) is 12.5 Å². The molecule has 2 aromatic rings. The minimum absolute atomic E-state index is 0.212. The molecular weight excluding hydrogens is 257 g/mol. The molecule has 20 heavy (non-hydrogen) atoms. The highest BCUT2D eigenvalue weighted by molar-refractivity contribution is 5.34. The van der Waals surface area contributed by atoms with Crippen LogP contribution in [0.3, 0.4) is 0 Å². The van der Waals surface area contributed by atoms with Crippen LogP contribution in [0, 0.1) is 5.82 Å². The zero-order valence-corrected chi connectivity index (χ0v) is 11.6. The Morgan fingerprint density at radius 3 is 2.60 bits per heavy atom. The first-order valence-corrected chi connectivity index (χ1v) is 6.36. The van der Waals surface area contributed by atoms with E-state index in [1.165, 1.54) is 13.2 Å². The molecule has 2 aromatic carbocycles. The van der Waals surface area contributed by atoms with E-state index in [-0.39, 0.29) is 17.6 Å². The summed E-state index contributed by atoms with van der Waals surface area (Å²) in [4.78, 5) is 0.